The van der Waals surface area contributed by atoms with Crippen LogP contribution >= 0.6 is 34.8 Å². The quantitative estimate of drug-likeness (QED) is 0.328. The SMILES string of the molecule is N#Cc1cc(Cl)cc(Oc2c(Cl)ccc(Cc3nnc(-c4ccncc4Cl)o3)c2F)c1. The first-order chi connectivity index (χ1) is 14.9. The number of hydrogen-bond acceptors (Lipinski definition) is 6. The summed E-state index contributed by atoms with van der Waals surface area (Å²) in [6, 6.07) is 10.9. The van der Waals surface area contributed by atoms with E-state index in [9.17, 15) is 0 Å². The fourth-order valence-corrected chi connectivity index (χ4v) is 3.36. The molecule has 4 aromatic rings. The van der Waals surface area contributed by atoms with Gasteiger partial charge in [-0.1, -0.05) is 40.9 Å². The van der Waals surface area contributed by atoms with Crippen molar-refractivity contribution in [3.63, 3.8) is 0 Å². The number of benzene rings is 2. The molecule has 2 aromatic carbocycles. The van der Waals surface area contributed by atoms with Gasteiger partial charge in [0.1, 0.15) is 5.75 Å². The first kappa shape index (κ1) is 21.1. The topological polar surface area (TPSA) is 84.8 Å². The van der Waals surface area contributed by atoms with Crippen LogP contribution in [0.1, 0.15) is 17.0 Å². The summed E-state index contributed by atoms with van der Waals surface area (Å²) in [6.07, 6.45) is 2.99. The van der Waals surface area contributed by atoms with Crippen LogP contribution in [0.5, 0.6) is 11.5 Å². The molecule has 4 rings (SSSR count). The summed E-state index contributed by atoms with van der Waals surface area (Å²) in [5, 5.41) is 17.7. The van der Waals surface area contributed by atoms with Crippen molar-refractivity contribution in [1.29, 1.82) is 5.26 Å². The molecule has 2 aromatic heterocycles. The zero-order valence-electron chi connectivity index (χ0n) is 15.4. The minimum atomic E-state index is -0.701. The van der Waals surface area contributed by atoms with E-state index < -0.39 is 5.82 Å². The molecule has 2 heterocycles. The Morgan fingerprint density at radius 3 is 2.68 bits per heavy atom. The Kier molecular flexibility index (Phi) is 6.05. The highest BCUT2D eigenvalue weighted by atomic mass is 35.5. The highest BCUT2D eigenvalue weighted by Crippen LogP contribution is 2.36. The van der Waals surface area contributed by atoms with Gasteiger partial charge in [0.2, 0.25) is 11.8 Å². The first-order valence-corrected chi connectivity index (χ1v) is 9.85. The van der Waals surface area contributed by atoms with Crippen molar-refractivity contribution in [2.75, 3.05) is 0 Å². The van der Waals surface area contributed by atoms with Gasteiger partial charge in [-0.2, -0.15) is 5.26 Å². The van der Waals surface area contributed by atoms with Crippen LogP contribution in [0.25, 0.3) is 11.5 Å². The fraction of sp³-hybridized carbons (Fsp3) is 0.0476. The van der Waals surface area contributed by atoms with Gasteiger partial charge >= 0.3 is 0 Å². The van der Waals surface area contributed by atoms with E-state index in [1.165, 1.54) is 36.5 Å². The average molecular weight is 476 g/mol. The summed E-state index contributed by atoms with van der Waals surface area (Å²) < 4.78 is 26.4. The van der Waals surface area contributed by atoms with Gasteiger partial charge in [-0.15, -0.1) is 10.2 Å². The molecule has 0 bridgehead atoms. The number of nitrogens with zero attached hydrogens (tertiary/aromatic N) is 4. The molecule has 0 spiro atoms. The van der Waals surface area contributed by atoms with Crippen LogP contribution in [0, 0.1) is 17.1 Å². The molecule has 0 aliphatic rings. The summed E-state index contributed by atoms with van der Waals surface area (Å²) in [5.74, 6) is -0.370. The lowest BCUT2D eigenvalue weighted by Gasteiger charge is -2.11. The number of nitriles is 1. The Morgan fingerprint density at radius 1 is 1.06 bits per heavy atom. The summed E-state index contributed by atoms with van der Waals surface area (Å²) in [5.41, 5.74) is 1.01. The van der Waals surface area contributed by atoms with E-state index in [2.05, 4.69) is 15.2 Å². The molecule has 0 radical (unpaired) electrons. The number of ether oxygens (including phenoxy) is 1. The van der Waals surface area contributed by atoms with E-state index in [0.717, 1.165) is 0 Å². The normalized spacial score (nSPS) is 10.7. The van der Waals surface area contributed by atoms with Gasteiger partial charge in [0.15, 0.2) is 11.6 Å². The summed E-state index contributed by atoms with van der Waals surface area (Å²) >= 11 is 18.2. The Hall–Kier alpha value is -3.18. The molecular weight excluding hydrogens is 466 g/mol. The zero-order valence-corrected chi connectivity index (χ0v) is 17.7. The van der Waals surface area contributed by atoms with Crippen molar-refractivity contribution in [2.45, 2.75) is 6.42 Å². The van der Waals surface area contributed by atoms with Crippen LogP contribution in [0.15, 0.2) is 53.2 Å². The average Bonchev–Trinajstić information content (AvgIpc) is 3.21. The predicted molar refractivity (Wildman–Crippen MR) is 113 cm³/mol. The van der Waals surface area contributed by atoms with E-state index in [-0.39, 0.29) is 50.9 Å². The number of pyridine rings is 1. The fourth-order valence-electron chi connectivity index (χ4n) is 2.75. The van der Waals surface area contributed by atoms with Crippen molar-refractivity contribution in [2.24, 2.45) is 0 Å². The largest absolute Gasteiger partial charge is 0.453 e. The Bertz CT molecular complexity index is 1320. The number of hydrogen-bond donors (Lipinski definition) is 0. The Morgan fingerprint density at radius 2 is 1.90 bits per heavy atom. The molecule has 0 atom stereocenters. The van der Waals surface area contributed by atoms with Crippen molar-refractivity contribution in [3.8, 4) is 29.0 Å². The third-order valence-corrected chi connectivity index (χ3v) is 4.98. The molecule has 6 nitrogen and oxygen atoms in total. The van der Waals surface area contributed by atoms with Crippen molar-refractivity contribution >= 4 is 34.8 Å². The lowest BCUT2D eigenvalue weighted by atomic mass is 10.1. The van der Waals surface area contributed by atoms with Gasteiger partial charge in [0.25, 0.3) is 0 Å². The molecule has 31 heavy (non-hydrogen) atoms. The van der Waals surface area contributed by atoms with Crippen LogP contribution in [0.2, 0.25) is 15.1 Å². The smallest absolute Gasteiger partial charge is 0.249 e. The molecule has 154 valence electrons. The van der Waals surface area contributed by atoms with Gasteiger partial charge in [-0.25, -0.2) is 4.39 Å². The summed E-state index contributed by atoms with van der Waals surface area (Å²) in [4.78, 5) is 3.90. The summed E-state index contributed by atoms with van der Waals surface area (Å²) in [6.45, 7) is 0. The zero-order chi connectivity index (χ0) is 22.0. The van der Waals surface area contributed by atoms with Crippen molar-refractivity contribution in [3.05, 3.63) is 86.7 Å². The molecule has 0 N–H and O–H groups in total. The predicted octanol–water partition coefficient (Wildman–Crippen LogP) is 6.49. The van der Waals surface area contributed by atoms with Crippen LogP contribution in [-0.4, -0.2) is 15.2 Å². The van der Waals surface area contributed by atoms with Gasteiger partial charge < -0.3 is 9.15 Å². The monoisotopic (exact) mass is 474 g/mol. The van der Waals surface area contributed by atoms with Crippen LogP contribution in [0.3, 0.4) is 0 Å². The second-order valence-corrected chi connectivity index (χ2v) is 7.52. The Labute approximate surface area is 190 Å². The van der Waals surface area contributed by atoms with Crippen LogP contribution < -0.4 is 4.74 Å². The standard InChI is InChI=1S/C21H10Cl3FN4O2/c22-13-5-11(9-26)6-14(8-13)30-20-16(23)2-1-12(19(20)25)7-18-28-29-21(31-18)15-3-4-27-10-17(15)24/h1-6,8,10H,7H2. The van der Waals surface area contributed by atoms with Gasteiger partial charge in [0, 0.05) is 23.0 Å². The third-order valence-electron chi connectivity index (χ3n) is 4.16. The molecule has 0 aliphatic carbocycles. The molecule has 0 unspecified atom stereocenters. The minimum Gasteiger partial charge on any atom is -0.453 e. The van der Waals surface area contributed by atoms with E-state index >= 15 is 4.39 Å². The number of halogens is 4. The van der Waals surface area contributed by atoms with E-state index in [1.807, 2.05) is 6.07 Å². The lowest BCUT2D eigenvalue weighted by Crippen LogP contribution is -1.98. The molecule has 0 saturated carbocycles. The first-order valence-electron chi connectivity index (χ1n) is 8.72. The number of rotatable bonds is 5. The van der Waals surface area contributed by atoms with Crippen LogP contribution in [-0.2, 0) is 6.42 Å². The second kappa shape index (κ2) is 8.90. The van der Waals surface area contributed by atoms with Crippen molar-refractivity contribution in [1.82, 2.24) is 15.2 Å². The second-order valence-electron chi connectivity index (χ2n) is 6.27. The molecule has 0 saturated heterocycles. The maximum absolute atomic E-state index is 15.2. The molecule has 0 amide bonds. The number of aromatic nitrogens is 3. The highest BCUT2D eigenvalue weighted by Gasteiger charge is 2.19. The molecular formula is C21H10Cl3FN4O2. The highest BCUT2D eigenvalue weighted by molar-refractivity contribution is 6.33. The van der Waals surface area contributed by atoms with E-state index in [4.69, 9.17) is 49.2 Å². The summed E-state index contributed by atoms with van der Waals surface area (Å²) in [7, 11) is 0. The lowest BCUT2D eigenvalue weighted by molar-refractivity contribution is 0.437. The molecule has 0 aliphatic heterocycles. The maximum Gasteiger partial charge on any atom is 0.249 e. The third kappa shape index (κ3) is 4.62. The van der Waals surface area contributed by atoms with Crippen LogP contribution in [0.4, 0.5) is 4.39 Å². The minimum absolute atomic E-state index is 0.00590. The maximum atomic E-state index is 15.2. The van der Waals surface area contributed by atoms with E-state index in [0.29, 0.717) is 10.6 Å². The van der Waals surface area contributed by atoms with Gasteiger partial charge in [-0.05, 0) is 30.3 Å². The van der Waals surface area contributed by atoms with Gasteiger partial charge in [0.05, 0.1) is 33.7 Å². The Balaban J connectivity index is 1.62. The van der Waals surface area contributed by atoms with E-state index in [1.54, 1.807) is 12.3 Å². The molecule has 0 fully saturated rings. The molecule has 10 heteroatoms. The van der Waals surface area contributed by atoms with Crippen molar-refractivity contribution < 1.29 is 13.5 Å². The van der Waals surface area contributed by atoms with Gasteiger partial charge in [-0.3, -0.25) is 4.98 Å².